The summed E-state index contributed by atoms with van der Waals surface area (Å²) in [4.78, 5) is 14.1. The topological polar surface area (TPSA) is 84.4 Å². The van der Waals surface area contributed by atoms with Crippen LogP contribution in [0.1, 0.15) is 30.8 Å². The predicted octanol–water partition coefficient (Wildman–Crippen LogP) is 0.328. The molecule has 0 saturated carbocycles. The highest BCUT2D eigenvalue weighted by Crippen LogP contribution is 2.23. The number of nitrogens with two attached hydrogens (primary N) is 1. The number of carbonyl (C=O) groups excluding carboxylic acids is 1. The number of aliphatic hydroxyl groups excluding tert-OH is 1. The molecule has 2 rings (SSSR count). The number of nitrogen functional groups attached to an aromatic ring is 1. The van der Waals surface area contributed by atoms with Crippen LogP contribution in [0.2, 0.25) is 0 Å². The fraction of sp³-hybridized carbons (Fsp3) is 0.667. The molecule has 0 bridgehead atoms. The van der Waals surface area contributed by atoms with Gasteiger partial charge in [0, 0.05) is 25.6 Å². The Labute approximate surface area is 106 Å². The van der Waals surface area contributed by atoms with E-state index in [1.807, 2.05) is 6.92 Å². The lowest BCUT2D eigenvalue weighted by atomic mass is 10.0. The minimum absolute atomic E-state index is 0.0880. The monoisotopic (exact) mass is 252 g/mol. The normalized spacial score (nSPS) is 21.3. The van der Waals surface area contributed by atoms with Crippen molar-refractivity contribution in [3.05, 3.63) is 11.9 Å². The van der Waals surface area contributed by atoms with Crippen molar-refractivity contribution in [2.24, 2.45) is 5.92 Å². The van der Waals surface area contributed by atoms with Gasteiger partial charge in [-0.05, 0) is 20.3 Å². The highest BCUT2D eigenvalue weighted by molar-refractivity contribution is 5.97. The quantitative estimate of drug-likeness (QED) is 0.812. The van der Waals surface area contributed by atoms with Crippen molar-refractivity contribution in [3.8, 4) is 0 Å². The number of rotatable bonds is 3. The van der Waals surface area contributed by atoms with Crippen molar-refractivity contribution >= 4 is 11.6 Å². The average molecular weight is 252 g/mol. The Hall–Kier alpha value is -1.56. The van der Waals surface area contributed by atoms with Gasteiger partial charge in [0.1, 0.15) is 5.69 Å². The zero-order valence-corrected chi connectivity index (χ0v) is 10.8. The van der Waals surface area contributed by atoms with Gasteiger partial charge in [-0.15, -0.1) is 0 Å². The van der Waals surface area contributed by atoms with Crippen molar-refractivity contribution in [2.45, 2.75) is 32.9 Å². The molecule has 0 aliphatic carbocycles. The SMILES string of the molecule is CCn1ncc(N)c1C(=O)N1CCC(C(C)O)C1. The summed E-state index contributed by atoms with van der Waals surface area (Å²) in [6.07, 6.45) is 1.97. The number of nitrogens with zero attached hydrogens (tertiary/aromatic N) is 3. The smallest absolute Gasteiger partial charge is 0.274 e. The number of anilines is 1. The molecule has 1 amide bonds. The van der Waals surface area contributed by atoms with E-state index in [4.69, 9.17) is 5.73 Å². The predicted molar refractivity (Wildman–Crippen MR) is 68.0 cm³/mol. The second kappa shape index (κ2) is 4.97. The maximum Gasteiger partial charge on any atom is 0.274 e. The molecule has 0 radical (unpaired) electrons. The Morgan fingerprint density at radius 2 is 2.44 bits per heavy atom. The number of carbonyl (C=O) groups is 1. The van der Waals surface area contributed by atoms with E-state index in [9.17, 15) is 9.90 Å². The van der Waals surface area contributed by atoms with Gasteiger partial charge in [-0.25, -0.2) is 0 Å². The third-order valence-electron chi connectivity index (χ3n) is 3.56. The number of hydrogen-bond acceptors (Lipinski definition) is 4. The molecule has 1 fully saturated rings. The van der Waals surface area contributed by atoms with Gasteiger partial charge in [-0.3, -0.25) is 9.48 Å². The summed E-state index contributed by atoms with van der Waals surface area (Å²) < 4.78 is 1.62. The second-order valence-corrected chi connectivity index (χ2v) is 4.80. The van der Waals surface area contributed by atoms with Crippen LogP contribution >= 0.6 is 0 Å². The molecule has 1 aromatic heterocycles. The van der Waals surface area contributed by atoms with Gasteiger partial charge < -0.3 is 15.7 Å². The zero-order chi connectivity index (χ0) is 13.3. The molecule has 0 spiro atoms. The Bertz CT molecular complexity index is 441. The van der Waals surface area contributed by atoms with E-state index in [0.717, 1.165) is 6.42 Å². The highest BCUT2D eigenvalue weighted by atomic mass is 16.3. The van der Waals surface area contributed by atoms with Crippen LogP contribution in [0.5, 0.6) is 0 Å². The number of aliphatic hydroxyl groups is 1. The Kier molecular flexibility index (Phi) is 3.56. The fourth-order valence-electron chi connectivity index (χ4n) is 2.39. The molecule has 1 aromatic rings. The van der Waals surface area contributed by atoms with E-state index >= 15 is 0 Å². The van der Waals surface area contributed by atoms with Crippen LogP contribution in [0.4, 0.5) is 5.69 Å². The van der Waals surface area contributed by atoms with Gasteiger partial charge in [-0.2, -0.15) is 5.10 Å². The molecule has 1 aliphatic heterocycles. The van der Waals surface area contributed by atoms with Gasteiger partial charge in [-0.1, -0.05) is 0 Å². The van der Waals surface area contributed by atoms with Crippen LogP contribution in [-0.2, 0) is 6.54 Å². The van der Waals surface area contributed by atoms with E-state index in [2.05, 4.69) is 5.10 Å². The summed E-state index contributed by atoms with van der Waals surface area (Å²) in [5.41, 5.74) is 6.68. The average Bonchev–Trinajstić information content (AvgIpc) is 2.94. The minimum atomic E-state index is -0.378. The van der Waals surface area contributed by atoms with Crippen LogP contribution < -0.4 is 5.73 Å². The highest BCUT2D eigenvalue weighted by Gasteiger charge is 2.31. The van der Waals surface area contributed by atoms with Gasteiger partial charge in [0.25, 0.3) is 5.91 Å². The summed E-state index contributed by atoms with van der Waals surface area (Å²) in [6.45, 7) is 5.56. The van der Waals surface area contributed by atoms with Crippen LogP contribution in [0.3, 0.4) is 0 Å². The van der Waals surface area contributed by atoms with Crippen LogP contribution in [-0.4, -0.2) is 44.9 Å². The summed E-state index contributed by atoms with van der Waals surface area (Å²) >= 11 is 0. The Morgan fingerprint density at radius 3 is 3.00 bits per heavy atom. The first-order chi connectivity index (χ1) is 8.54. The van der Waals surface area contributed by atoms with Gasteiger partial charge >= 0.3 is 0 Å². The van der Waals surface area contributed by atoms with E-state index in [-0.39, 0.29) is 17.9 Å². The van der Waals surface area contributed by atoms with Crippen molar-refractivity contribution < 1.29 is 9.90 Å². The maximum absolute atomic E-state index is 12.4. The van der Waals surface area contributed by atoms with Crippen LogP contribution in [0.25, 0.3) is 0 Å². The molecule has 18 heavy (non-hydrogen) atoms. The fourth-order valence-corrected chi connectivity index (χ4v) is 2.39. The number of likely N-dealkylation sites (tertiary alicyclic amines) is 1. The first-order valence-corrected chi connectivity index (χ1v) is 6.33. The number of amides is 1. The Morgan fingerprint density at radius 1 is 1.72 bits per heavy atom. The molecular formula is C12H20N4O2. The largest absolute Gasteiger partial charge is 0.396 e. The second-order valence-electron chi connectivity index (χ2n) is 4.80. The van der Waals surface area contributed by atoms with Gasteiger partial charge in [0.05, 0.1) is 18.0 Å². The lowest BCUT2D eigenvalue weighted by Gasteiger charge is -2.18. The number of aromatic nitrogens is 2. The molecule has 0 aromatic carbocycles. The zero-order valence-electron chi connectivity index (χ0n) is 10.8. The summed E-state index contributed by atoms with van der Waals surface area (Å²) in [5.74, 6) is 0.0724. The van der Waals surface area contributed by atoms with Crippen molar-refractivity contribution in [2.75, 3.05) is 18.8 Å². The van der Waals surface area contributed by atoms with E-state index in [1.54, 1.807) is 16.5 Å². The van der Waals surface area contributed by atoms with Gasteiger partial charge in [0.2, 0.25) is 0 Å². The standard InChI is InChI=1S/C12H20N4O2/c1-3-16-11(10(13)6-14-16)12(18)15-5-4-9(7-15)8(2)17/h6,8-9,17H,3-5,7,13H2,1-2H3. The molecular weight excluding hydrogens is 232 g/mol. The third-order valence-corrected chi connectivity index (χ3v) is 3.56. The third kappa shape index (κ3) is 2.20. The van der Waals surface area contributed by atoms with Crippen molar-refractivity contribution in [1.29, 1.82) is 0 Å². The van der Waals surface area contributed by atoms with E-state index in [0.29, 0.717) is 31.0 Å². The van der Waals surface area contributed by atoms with Gasteiger partial charge in [0.15, 0.2) is 0 Å². The molecule has 3 N–H and O–H groups in total. The molecule has 2 unspecified atom stereocenters. The molecule has 6 heteroatoms. The molecule has 1 saturated heterocycles. The van der Waals surface area contributed by atoms with Crippen LogP contribution in [0, 0.1) is 5.92 Å². The molecule has 100 valence electrons. The molecule has 2 atom stereocenters. The molecule has 2 heterocycles. The van der Waals surface area contributed by atoms with E-state index in [1.165, 1.54) is 6.20 Å². The minimum Gasteiger partial charge on any atom is -0.396 e. The number of hydrogen-bond donors (Lipinski definition) is 2. The summed E-state index contributed by atoms with van der Waals surface area (Å²) in [6, 6.07) is 0. The summed E-state index contributed by atoms with van der Waals surface area (Å²) in [7, 11) is 0. The molecule has 1 aliphatic rings. The Balaban J connectivity index is 2.15. The number of aryl methyl sites for hydroxylation is 1. The van der Waals surface area contributed by atoms with Crippen molar-refractivity contribution in [3.63, 3.8) is 0 Å². The first kappa shape index (κ1) is 12.9. The lowest BCUT2D eigenvalue weighted by molar-refractivity contribution is 0.0751. The maximum atomic E-state index is 12.4. The van der Waals surface area contributed by atoms with E-state index < -0.39 is 0 Å². The lowest BCUT2D eigenvalue weighted by Crippen LogP contribution is -2.32. The van der Waals surface area contributed by atoms with Crippen molar-refractivity contribution in [1.82, 2.24) is 14.7 Å². The first-order valence-electron chi connectivity index (χ1n) is 6.33. The summed E-state index contributed by atoms with van der Waals surface area (Å²) in [5, 5.41) is 13.6. The molecule has 6 nitrogen and oxygen atoms in total. The van der Waals surface area contributed by atoms with Crippen LogP contribution in [0.15, 0.2) is 6.20 Å².